The zero-order valence-electron chi connectivity index (χ0n) is 11.8. The van der Waals surface area contributed by atoms with E-state index in [1.807, 2.05) is 30.3 Å². The lowest BCUT2D eigenvalue weighted by molar-refractivity contribution is -0.121. The van der Waals surface area contributed by atoms with E-state index >= 15 is 0 Å². The molecule has 0 radical (unpaired) electrons. The first kappa shape index (κ1) is 13.8. The van der Waals surface area contributed by atoms with E-state index in [1.165, 1.54) is 6.07 Å². The van der Waals surface area contributed by atoms with Crippen molar-refractivity contribution in [3.63, 3.8) is 0 Å². The zero-order valence-corrected chi connectivity index (χ0v) is 11.8. The molecule has 2 aromatic carbocycles. The lowest BCUT2D eigenvalue weighted by Gasteiger charge is -2.19. The van der Waals surface area contributed by atoms with E-state index in [-0.39, 0.29) is 24.2 Å². The maximum atomic E-state index is 13.6. The molecule has 3 rings (SSSR count). The van der Waals surface area contributed by atoms with Gasteiger partial charge in [-0.15, -0.1) is 0 Å². The standard InChI is InChI=1S/C18H18FNO/c19-16-9-5-4-8-15(16)12-17(21)20-18(14-10-11-14)13-6-2-1-3-7-13/h1-9,14,18H,10-12H2,(H,20,21). The van der Waals surface area contributed by atoms with Gasteiger partial charge in [-0.25, -0.2) is 4.39 Å². The van der Waals surface area contributed by atoms with Crippen LogP contribution in [0.3, 0.4) is 0 Å². The number of carbonyl (C=O) groups is 1. The molecule has 0 aromatic heterocycles. The van der Waals surface area contributed by atoms with E-state index in [1.54, 1.807) is 18.2 Å². The van der Waals surface area contributed by atoms with Gasteiger partial charge in [0.15, 0.2) is 0 Å². The SMILES string of the molecule is O=C(Cc1ccccc1F)NC(c1ccccc1)C1CC1. The van der Waals surface area contributed by atoms with E-state index in [9.17, 15) is 9.18 Å². The zero-order chi connectivity index (χ0) is 14.7. The van der Waals surface area contributed by atoms with E-state index in [4.69, 9.17) is 0 Å². The second-order valence-electron chi connectivity index (χ2n) is 5.56. The molecule has 0 saturated heterocycles. The van der Waals surface area contributed by atoms with Crippen LogP contribution in [0.25, 0.3) is 0 Å². The van der Waals surface area contributed by atoms with Crippen LogP contribution in [0.2, 0.25) is 0 Å². The molecule has 1 N–H and O–H groups in total. The molecule has 0 aliphatic heterocycles. The van der Waals surface area contributed by atoms with Crippen LogP contribution in [0.4, 0.5) is 4.39 Å². The Labute approximate surface area is 124 Å². The summed E-state index contributed by atoms with van der Waals surface area (Å²) in [5, 5.41) is 3.07. The summed E-state index contributed by atoms with van der Waals surface area (Å²) in [6.07, 6.45) is 2.36. The van der Waals surface area contributed by atoms with Gasteiger partial charge in [-0.3, -0.25) is 4.79 Å². The molecule has 2 aromatic rings. The smallest absolute Gasteiger partial charge is 0.225 e. The molecule has 1 atom stereocenters. The van der Waals surface area contributed by atoms with Crippen LogP contribution in [0.5, 0.6) is 0 Å². The highest BCUT2D eigenvalue weighted by Crippen LogP contribution is 2.40. The van der Waals surface area contributed by atoms with Gasteiger partial charge in [-0.2, -0.15) is 0 Å². The van der Waals surface area contributed by atoms with Gasteiger partial charge in [0.25, 0.3) is 0 Å². The van der Waals surface area contributed by atoms with Gasteiger partial charge >= 0.3 is 0 Å². The van der Waals surface area contributed by atoms with Crippen molar-refractivity contribution in [3.05, 3.63) is 71.5 Å². The fourth-order valence-corrected chi connectivity index (χ4v) is 2.60. The van der Waals surface area contributed by atoms with Crippen molar-refractivity contribution in [1.82, 2.24) is 5.32 Å². The normalized spacial score (nSPS) is 15.5. The average Bonchev–Trinajstić information content (AvgIpc) is 3.33. The molecule has 0 spiro atoms. The largest absolute Gasteiger partial charge is 0.349 e. The van der Waals surface area contributed by atoms with E-state index in [0.717, 1.165) is 18.4 Å². The first-order valence-corrected chi connectivity index (χ1v) is 7.32. The van der Waals surface area contributed by atoms with Crippen molar-refractivity contribution in [3.8, 4) is 0 Å². The maximum Gasteiger partial charge on any atom is 0.225 e. The molecule has 0 heterocycles. The van der Waals surface area contributed by atoms with Crippen LogP contribution in [-0.2, 0) is 11.2 Å². The summed E-state index contributed by atoms with van der Waals surface area (Å²) in [4.78, 5) is 12.2. The second-order valence-corrected chi connectivity index (χ2v) is 5.56. The van der Waals surface area contributed by atoms with Crippen LogP contribution in [0, 0.1) is 11.7 Å². The molecule has 1 unspecified atom stereocenters. The summed E-state index contributed by atoms with van der Waals surface area (Å²) in [5.41, 5.74) is 1.57. The van der Waals surface area contributed by atoms with Crippen molar-refractivity contribution >= 4 is 5.91 Å². The van der Waals surface area contributed by atoms with Gasteiger partial charge in [0.2, 0.25) is 5.91 Å². The van der Waals surface area contributed by atoms with Crippen molar-refractivity contribution < 1.29 is 9.18 Å². The number of carbonyl (C=O) groups excluding carboxylic acids is 1. The molecule has 1 saturated carbocycles. The molecule has 1 amide bonds. The van der Waals surface area contributed by atoms with Crippen molar-refractivity contribution in [2.24, 2.45) is 5.92 Å². The number of halogens is 1. The summed E-state index contributed by atoms with van der Waals surface area (Å²) in [5.74, 6) is 0.0631. The average molecular weight is 283 g/mol. The Hall–Kier alpha value is -2.16. The number of benzene rings is 2. The minimum absolute atomic E-state index is 0.0467. The number of hydrogen-bond donors (Lipinski definition) is 1. The summed E-state index contributed by atoms with van der Waals surface area (Å²) < 4.78 is 13.6. The summed E-state index contributed by atoms with van der Waals surface area (Å²) in [6.45, 7) is 0. The molecule has 1 aliphatic rings. The van der Waals surface area contributed by atoms with Crippen molar-refractivity contribution in [1.29, 1.82) is 0 Å². The first-order valence-electron chi connectivity index (χ1n) is 7.32. The van der Waals surface area contributed by atoms with Gasteiger partial charge in [-0.1, -0.05) is 48.5 Å². The summed E-state index contributed by atoms with van der Waals surface area (Å²) in [7, 11) is 0. The summed E-state index contributed by atoms with van der Waals surface area (Å²) in [6, 6.07) is 16.5. The predicted octanol–water partition coefficient (Wildman–Crippen LogP) is 3.64. The van der Waals surface area contributed by atoms with E-state index < -0.39 is 0 Å². The van der Waals surface area contributed by atoms with Crippen LogP contribution in [0.15, 0.2) is 54.6 Å². The molecule has 2 nitrogen and oxygen atoms in total. The predicted molar refractivity (Wildman–Crippen MR) is 80.2 cm³/mol. The fraction of sp³-hybridized carbons (Fsp3) is 0.278. The van der Waals surface area contributed by atoms with Gasteiger partial charge in [-0.05, 0) is 36.0 Å². The molecular formula is C18H18FNO. The molecule has 1 fully saturated rings. The topological polar surface area (TPSA) is 29.1 Å². The Kier molecular flexibility index (Phi) is 4.00. The van der Waals surface area contributed by atoms with Crippen LogP contribution < -0.4 is 5.32 Å². The molecule has 1 aliphatic carbocycles. The van der Waals surface area contributed by atoms with E-state index in [2.05, 4.69) is 5.32 Å². The molecule has 21 heavy (non-hydrogen) atoms. The highest BCUT2D eigenvalue weighted by molar-refractivity contribution is 5.79. The van der Waals surface area contributed by atoms with Crippen molar-refractivity contribution in [2.75, 3.05) is 0 Å². The minimum Gasteiger partial charge on any atom is -0.349 e. The van der Waals surface area contributed by atoms with Gasteiger partial charge in [0.1, 0.15) is 5.82 Å². The number of rotatable bonds is 5. The van der Waals surface area contributed by atoms with Crippen molar-refractivity contribution in [2.45, 2.75) is 25.3 Å². The second kappa shape index (κ2) is 6.08. The third-order valence-electron chi connectivity index (χ3n) is 3.88. The van der Waals surface area contributed by atoms with E-state index in [0.29, 0.717) is 11.5 Å². The maximum absolute atomic E-state index is 13.6. The number of nitrogens with one attached hydrogen (secondary N) is 1. The lowest BCUT2D eigenvalue weighted by Crippen LogP contribution is -2.31. The quantitative estimate of drug-likeness (QED) is 0.892. The third kappa shape index (κ3) is 3.48. The lowest BCUT2D eigenvalue weighted by atomic mass is 10.0. The van der Waals surface area contributed by atoms with Gasteiger partial charge in [0.05, 0.1) is 12.5 Å². The fourth-order valence-electron chi connectivity index (χ4n) is 2.60. The highest BCUT2D eigenvalue weighted by atomic mass is 19.1. The Bertz CT molecular complexity index is 622. The molecule has 0 bridgehead atoms. The number of amides is 1. The Morgan fingerprint density at radius 1 is 1.10 bits per heavy atom. The minimum atomic E-state index is -0.324. The first-order chi connectivity index (χ1) is 10.2. The van der Waals surface area contributed by atoms with Gasteiger partial charge in [0, 0.05) is 0 Å². The van der Waals surface area contributed by atoms with Crippen LogP contribution in [0.1, 0.15) is 30.0 Å². The van der Waals surface area contributed by atoms with Crippen LogP contribution >= 0.6 is 0 Å². The molecular weight excluding hydrogens is 265 g/mol. The highest BCUT2D eigenvalue weighted by Gasteiger charge is 2.33. The Morgan fingerprint density at radius 2 is 1.76 bits per heavy atom. The monoisotopic (exact) mass is 283 g/mol. The third-order valence-corrected chi connectivity index (χ3v) is 3.88. The molecule has 3 heteroatoms. The van der Waals surface area contributed by atoms with Gasteiger partial charge < -0.3 is 5.32 Å². The van der Waals surface area contributed by atoms with Crippen LogP contribution in [-0.4, -0.2) is 5.91 Å². The summed E-state index contributed by atoms with van der Waals surface area (Å²) >= 11 is 0. The Morgan fingerprint density at radius 3 is 2.43 bits per heavy atom. The number of hydrogen-bond acceptors (Lipinski definition) is 1. The molecule has 108 valence electrons. The Balaban J connectivity index is 1.69.